The van der Waals surface area contributed by atoms with Crippen molar-refractivity contribution in [2.24, 2.45) is 7.05 Å². The highest BCUT2D eigenvalue weighted by atomic mass is 19.1. The predicted molar refractivity (Wildman–Crippen MR) is 140 cm³/mol. The van der Waals surface area contributed by atoms with Crippen LogP contribution in [0.1, 0.15) is 66.8 Å². The van der Waals surface area contributed by atoms with E-state index in [-0.39, 0.29) is 23.9 Å². The number of hydrogen-bond acceptors (Lipinski definition) is 3. The summed E-state index contributed by atoms with van der Waals surface area (Å²) in [5, 5.41) is 4.72. The molecular formula is C29H34FN5O. The largest absolute Gasteiger partial charge is 0.369 e. The lowest BCUT2D eigenvalue weighted by Crippen LogP contribution is -2.55. The Morgan fingerprint density at radius 2 is 1.75 bits per heavy atom. The first-order chi connectivity index (χ1) is 17.4. The Balaban J connectivity index is 1.27. The summed E-state index contributed by atoms with van der Waals surface area (Å²) in [7, 11) is 1.92. The van der Waals surface area contributed by atoms with E-state index >= 15 is 0 Å². The minimum atomic E-state index is -0.170. The first kappa shape index (κ1) is 23.1. The van der Waals surface area contributed by atoms with Crippen LogP contribution in [0.3, 0.4) is 0 Å². The number of para-hydroxylation sites is 1. The summed E-state index contributed by atoms with van der Waals surface area (Å²) in [4.78, 5) is 20.2. The topological polar surface area (TPSA) is 44.6 Å². The number of rotatable bonds is 5. The third-order valence-corrected chi connectivity index (χ3v) is 8.17. The molecule has 0 radical (unpaired) electrons. The Labute approximate surface area is 212 Å². The van der Waals surface area contributed by atoms with Crippen LogP contribution in [0, 0.1) is 12.7 Å². The van der Waals surface area contributed by atoms with Gasteiger partial charge in [0.05, 0.1) is 18.3 Å². The molecule has 36 heavy (non-hydrogen) atoms. The van der Waals surface area contributed by atoms with E-state index in [9.17, 15) is 9.18 Å². The summed E-state index contributed by atoms with van der Waals surface area (Å²) in [6.07, 6.45) is 6.13. The standard InChI is InChI=1S/C29H34FN5O/c1-19-7-6-10-26(30)27(19)33-15-13-23(14-16-33)35-20(2)25-18-32(3)31-28(25)34(29(35)36)17-22-8-4-5-9-24(22)21-11-12-21/h4-10,18,20-21,23H,11-17H2,1-3H3/t20-/m0/s1. The second-order valence-electron chi connectivity index (χ2n) is 10.6. The monoisotopic (exact) mass is 487 g/mol. The molecule has 1 aliphatic carbocycles. The van der Waals surface area contributed by atoms with Gasteiger partial charge in [0.2, 0.25) is 0 Å². The quantitative estimate of drug-likeness (QED) is 0.449. The van der Waals surface area contributed by atoms with E-state index in [2.05, 4.69) is 47.2 Å². The molecule has 2 aliphatic heterocycles. The van der Waals surface area contributed by atoms with Crippen molar-refractivity contribution in [1.29, 1.82) is 0 Å². The van der Waals surface area contributed by atoms with Gasteiger partial charge in [-0.05, 0) is 68.2 Å². The highest BCUT2D eigenvalue weighted by Crippen LogP contribution is 2.44. The Kier molecular flexibility index (Phi) is 5.73. The van der Waals surface area contributed by atoms with Crippen molar-refractivity contribution < 1.29 is 9.18 Å². The summed E-state index contributed by atoms with van der Waals surface area (Å²) in [5.41, 5.74) is 5.32. The number of fused-ring (bicyclic) bond motifs is 1. The van der Waals surface area contributed by atoms with Gasteiger partial charge in [0.25, 0.3) is 0 Å². The fourth-order valence-electron chi connectivity index (χ4n) is 6.19. The molecule has 6 nitrogen and oxygen atoms in total. The first-order valence-corrected chi connectivity index (χ1v) is 13.1. The number of hydrogen-bond donors (Lipinski definition) is 0. The summed E-state index contributed by atoms with van der Waals surface area (Å²) in [5.74, 6) is 1.22. The maximum Gasteiger partial charge on any atom is 0.326 e. The molecule has 1 saturated heterocycles. The second-order valence-corrected chi connectivity index (χ2v) is 10.6. The van der Waals surface area contributed by atoms with Gasteiger partial charge in [-0.15, -0.1) is 0 Å². The molecule has 1 atom stereocenters. The van der Waals surface area contributed by atoms with Gasteiger partial charge in [-0.2, -0.15) is 5.10 Å². The number of carbonyl (C=O) groups excluding carboxylic acids is 1. The molecule has 3 aliphatic rings. The Morgan fingerprint density at radius 3 is 2.47 bits per heavy atom. The van der Waals surface area contributed by atoms with Gasteiger partial charge in [-0.25, -0.2) is 9.18 Å². The van der Waals surface area contributed by atoms with E-state index in [0.29, 0.717) is 18.2 Å². The van der Waals surface area contributed by atoms with Gasteiger partial charge in [-0.3, -0.25) is 9.58 Å². The molecule has 188 valence electrons. The van der Waals surface area contributed by atoms with Crippen molar-refractivity contribution in [2.45, 2.75) is 64.1 Å². The molecule has 2 amide bonds. The van der Waals surface area contributed by atoms with Crippen molar-refractivity contribution in [3.05, 3.63) is 76.7 Å². The molecule has 0 bridgehead atoms. The third-order valence-electron chi connectivity index (χ3n) is 8.17. The molecule has 0 unspecified atom stereocenters. The van der Waals surface area contributed by atoms with Crippen LogP contribution in [0.25, 0.3) is 0 Å². The van der Waals surface area contributed by atoms with Crippen molar-refractivity contribution in [1.82, 2.24) is 14.7 Å². The number of benzene rings is 2. The molecule has 3 aromatic rings. The lowest BCUT2D eigenvalue weighted by molar-refractivity contribution is 0.136. The molecule has 7 heteroatoms. The number of piperidine rings is 1. The fraction of sp³-hybridized carbons (Fsp3) is 0.448. The van der Waals surface area contributed by atoms with Crippen LogP contribution in [0.5, 0.6) is 0 Å². The predicted octanol–water partition coefficient (Wildman–Crippen LogP) is 5.92. The molecule has 3 heterocycles. The second kappa shape index (κ2) is 8.95. The number of halogens is 1. The SMILES string of the molecule is Cc1cccc(F)c1N1CCC(N2C(=O)N(Cc3ccccc3C3CC3)c3nn(C)cc3[C@@H]2C)CC1. The van der Waals surface area contributed by atoms with Crippen molar-refractivity contribution in [2.75, 3.05) is 22.9 Å². The normalized spacial score (nSPS) is 20.7. The van der Waals surface area contributed by atoms with Gasteiger partial charge in [0, 0.05) is 37.9 Å². The van der Waals surface area contributed by atoms with E-state index < -0.39 is 0 Å². The average molecular weight is 488 g/mol. The first-order valence-electron chi connectivity index (χ1n) is 13.1. The van der Waals surface area contributed by atoms with Crippen LogP contribution in [0.2, 0.25) is 0 Å². The van der Waals surface area contributed by atoms with E-state index in [1.165, 1.54) is 30.0 Å². The van der Waals surface area contributed by atoms with Crippen molar-refractivity contribution >= 4 is 17.5 Å². The lowest BCUT2D eigenvalue weighted by Gasteiger charge is -2.46. The number of amides is 2. The molecule has 2 fully saturated rings. The Hall–Kier alpha value is -3.35. The van der Waals surface area contributed by atoms with E-state index in [4.69, 9.17) is 5.10 Å². The fourth-order valence-corrected chi connectivity index (χ4v) is 6.19. The lowest BCUT2D eigenvalue weighted by atomic mass is 9.96. The summed E-state index contributed by atoms with van der Waals surface area (Å²) in [6.45, 7) is 6.07. The highest BCUT2D eigenvalue weighted by molar-refractivity contribution is 5.94. The summed E-state index contributed by atoms with van der Waals surface area (Å²) < 4.78 is 16.4. The van der Waals surface area contributed by atoms with E-state index in [0.717, 1.165) is 42.9 Å². The number of urea groups is 1. The molecule has 0 spiro atoms. The zero-order valence-corrected chi connectivity index (χ0v) is 21.3. The zero-order valence-electron chi connectivity index (χ0n) is 21.3. The van der Waals surface area contributed by atoms with E-state index in [1.807, 2.05) is 29.6 Å². The van der Waals surface area contributed by atoms with Gasteiger partial charge < -0.3 is 9.80 Å². The van der Waals surface area contributed by atoms with Gasteiger partial charge >= 0.3 is 6.03 Å². The van der Waals surface area contributed by atoms with Crippen LogP contribution in [0.4, 0.5) is 20.7 Å². The third kappa shape index (κ3) is 3.94. The van der Waals surface area contributed by atoms with Gasteiger partial charge in [0.1, 0.15) is 5.82 Å². The number of aromatic nitrogens is 2. The van der Waals surface area contributed by atoms with Gasteiger partial charge in [0.15, 0.2) is 5.82 Å². The zero-order chi connectivity index (χ0) is 25.0. The molecule has 1 saturated carbocycles. The Morgan fingerprint density at radius 1 is 1.00 bits per heavy atom. The van der Waals surface area contributed by atoms with Gasteiger partial charge in [-0.1, -0.05) is 36.4 Å². The highest BCUT2D eigenvalue weighted by Gasteiger charge is 2.42. The molecule has 6 rings (SSSR count). The molecule has 1 aromatic heterocycles. The van der Waals surface area contributed by atoms with Crippen LogP contribution in [-0.4, -0.2) is 39.8 Å². The van der Waals surface area contributed by atoms with Crippen molar-refractivity contribution in [3.8, 4) is 0 Å². The maximum absolute atomic E-state index is 14.6. The smallest absolute Gasteiger partial charge is 0.326 e. The minimum absolute atomic E-state index is 0.0276. The summed E-state index contributed by atoms with van der Waals surface area (Å²) in [6, 6.07) is 13.9. The average Bonchev–Trinajstić information content (AvgIpc) is 3.63. The minimum Gasteiger partial charge on any atom is -0.369 e. The number of anilines is 2. The Bertz CT molecular complexity index is 1270. The van der Waals surface area contributed by atoms with Crippen LogP contribution in [0.15, 0.2) is 48.7 Å². The van der Waals surface area contributed by atoms with Crippen molar-refractivity contribution in [3.63, 3.8) is 0 Å². The van der Waals surface area contributed by atoms with E-state index in [1.54, 1.807) is 6.07 Å². The van der Waals surface area contributed by atoms with Crippen LogP contribution >= 0.6 is 0 Å². The maximum atomic E-state index is 14.6. The number of carbonyl (C=O) groups is 1. The number of aryl methyl sites for hydroxylation is 2. The molecule has 2 aromatic carbocycles. The molecular weight excluding hydrogens is 453 g/mol. The van der Waals surface area contributed by atoms with Crippen LogP contribution < -0.4 is 9.80 Å². The molecule has 0 N–H and O–H groups in total. The number of nitrogens with zero attached hydrogens (tertiary/aromatic N) is 5. The summed E-state index contributed by atoms with van der Waals surface area (Å²) >= 11 is 0. The van der Waals surface area contributed by atoms with Crippen LogP contribution in [-0.2, 0) is 13.6 Å².